The van der Waals surface area contributed by atoms with Gasteiger partial charge in [0.25, 0.3) is 5.56 Å². The van der Waals surface area contributed by atoms with E-state index >= 15 is 0 Å². The first kappa shape index (κ1) is 13.0. The number of carbonyl (C=O) groups is 1. The molecule has 0 fully saturated rings. The molecule has 0 radical (unpaired) electrons. The van der Waals surface area contributed by atoms with Crippen LogP contribution >= 0.6 is 0 Å². The van der Waals surface area contributed by atoms with Gasteiger partial charge in [-0.1, -0.05) is 13.3 Å². The van der Waals surface area contributed by atoms with Crippen molar-refractivity contribution >= 4 is 5.97 Å². The van der Waals surface area contributed by atoms with Crippen molar-refractivity contribution in [1.29, 1.82) is 0 Å². The molecule has 1 heterocycles. The molecule has 7 nitrogen and oxygen atoms in total. The Hall–Kier alpha value is -2.05. The molecule has 1 aromatic heterocycles. The van der Waals surface area contributed by atoms with Crippen molar-refractivity contribution in [3.8, 4) is 5.88 Å². The van der Waals surface area contributed by atoms with Crippen LogP contribution < -0.4 is 11.2 Å². The molecule has 0 aliphatic heterocycles. The highest BCUT2D eigenvalue weighted by Gasteiger charge is 2.12. The molecule has 1 aromatic rings. The van der Waals surface area contributed by atoms with Crippen molar-refractivity contribution < 1.29 is 15.0 Å². The van der Waals surface area contributed by atoms with E-state index in [0.717, 1.165) is 17.1 Å². The van der Waals surface area contributed by atoms with Crippen molar-refractivity contribution in [2.75, 3.05) is 0 Å². The molecule has 0 unspecified atom stereocenters. The first-order valence-electron chi connectivity index (χ1n) is 5.22. The number of rotatable bonds is 5. The minimum absolute atomic E-state index is 0.216. The summed E-state index contributed by atoms with van der Waals surface area (Å²) < 4.78 is 1.57. The lowest BCUT2D eigenvalue weighted by molar-refractivity contribution is -0.137. The molecule has 0 saturated heterocycles. The highest BCUT2D eigenvalue weighted by Crippen LogP contribution is 2.01. The zero-order chi connectivity index (χ0) is 13.0. The summed E-state index contributed by atoms with van der Waals surface area (Å²) in [5.41, 5.74) is -1.42. The Morgan fingerprint density at radius 3 is 2.53 bits per heavy atom. The molecule has 0 saturated carbocycles. The maximum Gasteiger partial charge on any atom is 0.334 e. The second kappa shape index (κ2) is 5.33. The average molecular weight is 242 g/mol. The van der Waals surface area contributed by atoms with E-state index in [4.69, 9.17) is 5.11 Å². The number of aromatic hydroxyl groups is 1. The zero-order valence-electron chi connectivity index (χ0n) is 9.42. The maximum absolute atomic E-state index is 11.8. The van der Waals surface area contributed by atoms with Gasteiger partial charge in [0.1, 0.15) is 6.54 Å². The molecule has 1 rings (SSSR count). The van der Waals surface area contributed by atoms with Gasteiger partial charge in [-0.3, -0.25) is 18.7 Å². The second-order valence-electron chi connectivity index (χ2n) is 3.61. The van der Waals surface area contributed by atoms with Crippen LogP contribution in [-0.4, -0.2) is 25.3 Å². The molecule has 0 atom stereocenters. The van der Waals surface area contributed by atoms with E-state index < -0.39 is 29.6 Å². The molecule has 0 aliphatic rings. The van der Waals surface area contributed by atoms with Crippen molar-refractivity contribution in [1.82, 2.24) is 9.13 Å². The fraction of sp³-hybridized carbons (Fsp3) is 0.500. The van der Waals surface area contributed by atoms with E-state index in [1.54, 1.807) is 0 Å². The van der Waals surface area contributed by atoms with Crippen molar-refractivity contribution in [3.05, 3.63) is 26.9 Å². The van der Waals surface area contributed by atoms with Crippen LogP contribution in [0.3, 0.4) is 0 Å². The van der Waals surface area contributed by atoms with E-state index in [0.29, 0.717) is 11.0 Å². The molecule has 0 aromatic carbocycles. The van der Waals surface area contributed by atoms with Gasteiger partial charge < -0.3 is 10.2 Å². The number of carboxylic acids is 1. The lowest BCUT2D eigenvalue weighted by Crippen LogP contribution is -2.40. The van der Waals surface area contributed by atoms with Gasteiger partial charge in [0.2, 0.25) is 5.88 Å². The summed E-state index contributed by atoms with van der Waals surface area (Å²) in [4.78, 5) is 33.7. The molecule has 0 spiro atoms. The number of unbranched alkanes of at least 4 members (excludes halogenated alkanes) is 1. The summed E-state index contributed by atoms with van der Waals surface area (Å²) in [7, 11) is 0. The summed E-state index contributed by atoms with van der Waals surface area (Å²) in [6, 6.07) is 0.847. The lowest BCUT2D eigenvalue weighted by atomic mass is 10.3. The monoisotopic (exact) mass is 242 g/mol. The largest absolute Gasteiger partial charge is 0.494 e. The topological polar surface area (TPSA) is 102 Å². The molecule has 0 bridgehead atoms. The third kappa shape index (κ3) is 2.96. The summed E-state index contributed by atoms with van der Waals surface area (Å²) >= 11 is 0. The Kier molecular flexibility index (Phi) is 4.08. The van der Waals surface area contributed by atoms with E-state index in [2.05, 4.69) is 0 Å². The third-order valence-electron chi connectivity index (χ3n) is 2.29. The Bertz CT molecular complexity index is 528. The highest BCUT2D eigenvalue weighted by molar-refractivity contribution is 5.66. The second-order valence-corrected chi connectivity index (χ2v) is 3.61. The predicted octanol–water partition coefficient (Wildman–Crippen LogP) is -0.400. The van der Waals surface area contributed by atoms with E-state index in [9.17, 15) is 19.5 Å². The lowest BCUT2D eigenvalue weighted by Gasteiger charge is -2.09. The van der Waals surface area contributed by atoms with Gasteiger partial charge in [0, 0.05) is 6.54 Å². The van der Waals surface area contributed by atoms with Gasteiger partial charge in [0.15, 0.2) is 0 Å². The first-order chi connectivity index (χ1) is 7.97. The van der Waals surface area contributed by atoms with Gasteiger partial charge in [-0.05, 0) is 6.42 Å². The van der Waals surface area contributed by atoms with Gasteiger partial charge in [-0.15, -0.1) is 0 Å². The van der Waals surface area contributed by atoms with E-state index in [1.807, 2.05) is 6.92 Å². The Balaban J connectivity index is 3.27. The molecule has 17 heavy (non-hydrogen) atoms. The third-order valence-corrected chi connectivity index (χ3v) is 2.29. The molecule has 7 heteroatoms. The Morgan fingerprint density at radius 2 is 2.00 bits per heavy atom. The van der Waals surface area contributed by atoms with E-state index in [-0.39, 0.29) is 6.54 Å². The number of aliphatic carboxylic acids is 1. The summed E-state index contributed by atoms with van der Waals surface area (Å²) in [5.74, 6) is -1.89. The average Bonchev–Trinajstić information content (AvgIpc) is 2.23. The minimum Gasteiger partial charge on any atom is -0.494 e. The van der Waals surface area contributed by atoms with Crippen molar-refractivity contribution in [3.63, 3.8) is 0 Å². The fourth-order valence-electron chi connectivity index (χ4n) is 1.41. The Labute approximate surface area is 96.6 Å². The van der Waals surface area contributed by atoms with Crippen LogP contribution in [0, 0.1) is 0 Å². The molecular formula is C10H14N2O5. The van der Waals surface area contributed by atoms with Crippen LogP contribution in [0.25, 0.3) is 0 Å². The van der Waals surface area contributed by atoms with Gasteiger partial charge >= 0.3 is 11.7 Å². The summed E-state index contributed by atoms with van der Waals surface area (Å²) in [6.07, 6.45) is 1.43. The Morgan fingerprint density at radius 1 is 1.35 bits per heavy atom. The van der Waals surface area contributed by atoms with Crippen molar-refractivity contribution in [2.45, 2.75) is 32.9 Å². The molecule has 2 N–H and O–H groups in total. The van der Waals surface area contributed by atoms with Crippen LogP contribution in [0.4, 0.5) is 0 Å². The number of hydrogen-bond acceptors (Lipinski definition) is 4. The van der Waals surface area contributed by atoms with Crippen molar-refractivity contribution in [2.24, 2.45) is 0 Å². The quantitative estimate of drug-likeness (QED) is 0.731. The number of carboxylic acid groups (broad SMARTS) is 1. The van der Waals surface area contributed by atoms with Crippen LogP contribution in [0.2, 0.25) is 0 Å². The highest BCUT2D eigenvalue weighted by atomic mass is 16.4. The summed E-state index contributed by atoms with van der Waals surface area (Å²) in [5, 5.41) is 18.0. The normalized spacial score (nSPS) is 10.4. The number of hydrogen-bond donors (Lipinski definition) is 2. The standard InChI is InChI=1S/C10H14N2O5/c1-2-3-4-11-7(13)5-8(14)12(10(11)17)6-9(15)16/h5,14H,2-4,6H2,1H3,(H,15,16). The SMILES string of the molecule is CCCCn1c(=O)cc(O)n(CC(=O)O)c1=O. The van der Waals surface area contributed by atoms with E-state index in [1.165, 1.54) is 0 Å². The minimum atomic E-state index is -1.26. The molecular weight excluding hydrogens is 228 g/mol. The maximum atomic E-state index is 11.8. The predicted molar refractivity (Wildman–Crippen MR) is 59.2 cm³/mol. The summed E-state index contributed by atoms with van der Waals surface area (Å²) in [6.45, 7) is 1.45. The zero-order valence-corrected chi connectivity index (χ0v) is 9.42. The van der Waals surface area contributed by atoms with Crippen LogP contribution in [0.5, 0.6) is 5.88 Å². The molecule has 0 aliphatic carbocycles. The van der Waals surface area contributed by atoms with Gasteiger partial charge in [-0.2, -0.15) is 0 Å². The smallest absolute Gasteiger partial charge is 0.334 e. The van der Waals surface area contributed by atoms with Gasteiger partial charge in [-0.25, -0.2) is 4.79 Å². The van der Waals surface area contributed by atoms with Crippen LogP contribution in [0.1, 0.15) is 19.8 Å². The first-order valence-corrected chi connectivity index (χ1v) is 5.22. The molecule has 94 valence electrons. The molecule has 0 amide bonds. The van der Waals surface area contributed by atoms with Crippen LogP contribution in [-0.2, 0) is 17.9 Å². The van der Waals surface area contributed by atoms with Crippen LogP contribution in [0.15, 0.2) is 15.7 Å². The fourth-order valence-corrected chi connectivity index (χ4v) is 1.41. The number of nitrogens with zero attached hydrogens (tertiary/aromatic N) is 2. The van der Waals surface area contributed by atoms with Gasteiger partial charge in [0.05, 0.1) is 6.07 Å². The number of aromatic nitrogens is 2.